The first kappa shape index (κ1) is 13.3. The second kappa shape index (κ2) is 4.88. The summed E-state index contributed by atoms with van der Waals surface area (Å²) in [5, 5.41) is 4.48. The van der Waals surface area contributed by atoms with Gasteiger partial charge in [-0.1, -0.05) is 45.1 Å². The molecule has 0 bridgehead atoms. The number of benzene rings is 1. The van der Waals surface area contributed by atoms with Crippen LogP contribution in [0.4, 0.5) is 5.13 Å². The number of rotatable bonds is 3. The lowest BCUT2D eigenvalue weighted by molar-refractivity contribution is 0.591. The van der Waals surface area contributed by atoms with E-state index in [4.69, 9.17) is 0 Å². The van der Waals surface area contributed by atoms with E-state index in [2.05, 4.69) is 63.1 Å². The molecular formula is C15H22N2S. The summed E-state index contributed by atoms with van der Waals surface area (Å²) in [6, 6.07) is 7.07. The van der Waals surface area contributed by atoms with Crippen LogP contribution in [0, 0.1) is 0 Å². The number of fused-ring (bicyclic) bond motifs is 1. The van der Waals surface area contributed by atoms with Crippen molar-refractivity contribution in [1.82, 2.24) is 4.98 Å². The molecule has 0 amide bonds. The normalized spacial score (nSPS) is 13.8. The van der Waals surface area contributed by atoms with Crippen molar-refractivity contribution in [3.8, 4) is 0 Å². The molecule has 3 heteroatoms. The SMILES string of the molecule is CC[C@@H](C)Nc1nc2ccc(C(C)(C)C)cc2s1. The second-order valence-electron chi connectivity index (χ2n) is 5.91. The van der Waals surface area contributed by atoms with Gasteiger partial charge in [0.25, 0.3) is 0 Å². The molecule has 1 atom stereocenters. The van der Waals surface area contributed by atoms with E-state index in [0.717, 1.165) is 17.1 Å². The van der Waals surface area contributed by atoms with Crippen LogP contribution >= 0.6 is 11.3 Å². The monoisotopic (exact) mass is 262 g/mol. The van der Waals surface area contributed by atoms with Crippen molar-refractivity contribution in [1.29, 1.82) is 0 Å². The van der Waals surface area contributed by atoms with Crippen LogP contribution in [0.2, 0.25) is 0 Å². The van der Waals surface area contributed by atoms with Gasteiger partial charge in [-0.25, -0.2) is 4.98 Å². The van der Waals surface area contributed by atoms with Crippen LogP contribution < -0.4 is 5.32 Å². The van der Waals surface area contributed by atoms with E-state index < -0.39 is 0 Å². The largest absolute Gasteiger partial charge is 0.359 e. The van der Waals surface area contributed by atoms with Crippen LogP contribution in [0.15, 0.2) is 18.2 Å². The molecule has 0 aliphatic heterocycles. The number of nitrogens with zero attached hydrogens (tertiary/aromatic N) is 1. The van der Waals surface area contributed by atoms with Gasteiger partial charge in [-0.2, -0.15) is 0 Å². The number of hydrogen-bond acceptors (Lipinski definition) is 3. The molecule has 0 spiro atoms. The van der Waals surface area contributed by atoms with Gasteiger partial charge in [0.05, 0.1) is 10.2 Å². The standard InChI is InChI=1S/C15H22N2S/c1-6-10(2)16-14-17-12-8-7-11(15(3,4)5)9-13(12)18-14/h7-10H,6H2,1-5H3,(H,16,17)/t10-/m1/s1. The molecule has 0 radical (unpaired) electrons. The fourth-order valence-corrected chi connectivity index (χ4v) is 2.78. The average Bonchev–Trinajstić information content (AvgIpc) is 2.68. The Morgan fingerprint density at radius 1 is 1.33 bits per heavy atom. The lowest BCUT2D eigenvalue weighted by atomic mass is 9.87. The maximum absolute atomic E-state index is 4.63. The number of nitrogens with one attached hydrogen (secondary N) is 1. The Balaban J connectivity index is 2.34. The third-order valence-electron chi connectivity index (χ3n) is 3.24. The van der Waals surface area contributed by atoms with Crippen LogP contribution in [0.1, 0.15) is 46.6 Å². The number of aromatic nitrogens is 1. The van der Waals surface area contributed by atoms with Crippen molar-refractivity contribution < 1.29 is 0 Å². The Bertz CT molecular complexity index is 537. The molecule has 0 unspecified atom stereocenters. The highest BCUT2D eigenvalue weighted by Gasteiger charge is 2.15. The van der Waals surface area contributed by atoms with E-state index in [1.54, 1.807) is 11.3 Å². The van der Waals surface area contributed by atoms with Gasteiger partial charge in [-0.05, 0) is 36.5 Å². The third-order valence-corrected chi connectivity index (χ3v) is 4.19. The number of anilines is 1. The molecular weight excluding hydrogens is 240 g/mol. The quantitative estimate of drug-likeness (QED) is 0.859. The zero-order chi connectivity index (χ0) is 13.3. The molecule has 18 heavy (non-hydrogen) atoms. The fourth-order valence-electron chi connectivity index (χ4n) is 1.77. The van der Waals surface area contributed by atoms with E-state index in [1.165, 1.54) is 10.3 Å². The van der Waals surface area contributed by atoms with Crippen LogP contribution in [-0.4, -0.2) is 11.0 Å². The Morgan fingerprint density at radius 3 is 2.67 bits per heavy atom. The van der Waals surface area contributed by atoms with Crippen LogP contribution in [0.3, 0.4) is 0 Å². The Labute approximate surface area is 113 Å². The molecule has 0 saturated carbocycles. The van der Waals surface area contributed by atoms with Gasteiger partial charge in [-0.3, -0.25) is 0 Å². The predicted molar refractivity (Wildman–Crippen MR) is 81.7 cm³/mol. The van der Waals surface area contributed by atoms with Gasteiger partial charge >= 0.3 is 0 Å². The maximum atomic E-state index is 4.63. The van der Waals surface area contributed by atoms with Crippen LogP contribution in [0.5, 0.6) is 0 Å². The molecule has 1 N–H and O–H groups in total. The van der Waals surface area contributed by atoms with Gasteiger partial charge in [0.2, 0.25) is 0 Å². The van der Waals surface area contributed by atoms with Crippen LogP contribution in [-0.2, 0) is 5.41 Å². The lowest BCUT2D eigenvalue weighted by Gasteiger charge is -2.18. The van der Waals surface area contributed by atoms with Crippen molar-refractivity contribution in [2.75, 3.05) is 5.32 Å². The zero-order valence-corrected chi connectivity index (χ0v) is 12.7. The zero-order valence-electron chi connectivity index (χ0n) is 11.9. The minimum absolute atomic E-state index is 0.197. The molecule has 2 nitrogen and oxygen atoms in total. The molecule has 1 aromatic carbocycles. The maximum Gasteiger partial charge on any atom is 0.183 e. The summed E-state index contributed by atoms with van der Waals surface area (Å²) in [7, 11) is 0. The fraction of sp³-hybridized carbons (Fsp3) is 0.533. The minimum atomic E-state index is 0.197. The van der Waals surface area contributed by atoms with Gasteiger partial charge < -0.3 is 5.32 Å². The van der Waals surface area contributed by atoms with E-state index >= 15 is 0 Å². The van der Waals surface area contributed by atoms with Crippen molar-refractivity contribution >= 4 is 26.7 Å². The summed E-state index contributed by atoms with van der Waals surface area (Å²) < 4.78 is 1.27. The lowest BCUT2D eigenvalue weighted by Crippen LogP contribution is -2.12. The van der Waals surface area contributed by atoms with Gasteiger partial charge in [0.15, 0.2) is 5.13 Å². The van der Waals surface area contributed by atoms with Crippen molar-refractivity contribution in [2.45, 2.75) is 52.5 Å². The molecule has 98 valence electrons. The number of thiazole rings is 1. The van der Waals surface area contributed by atoms with Crippen LogP contribution in [0.25, 0.3) is 10.2 Å². The molecule has 0 saturated heterocycles. The third kappa shape index (κ3) is 2.83. The van der Waals surface area contributed by atoms with Gasteiger partial charge in [0, 0.05) is 6.04 Å². The van der Waals surface area contributed by atoms with Crippen molar-refractivity contribution in [2.24, 2.45) is 0 Å². The molecule has 0 aliphatic carbocycles. The van der Waals surface area contributed by atoms with Crippen molar-refractivity contribution in [3.05, 3.63) is 23.8 Å². The van der Waals surface area contributed by atoms with E-state index in [1.807, 2.05) is 0 Å². The summed E-state index contributed by atoms with van der Waals surface area (Å²) in [6.07, 6.45) is 1.11. The predicted octanol–water partition coefficient (Wildman–Crippen LogP) is 4.80. The first-order valence-electron chi connectivity index (χ1n) is 6.57. The summed E-state index contributed by atoms with van der Waals surface area (Å²) >= 11 is 1.75. The Hall–Kier alpha value is -1.09. The van der Waals surface area contributed by atoms with E-state index in [9.17, 15) is 0 Å². The first-order chi connectivity index (χ1) is 8.40. The Morgan fingerprint density at radius 2 is 2.06 bits per heavy atom. The van der Waals surface area contributed by atoms with Crippen molar-refractivity contribution in [3.63, 3.8) is 0 Å². The molecule has 2 aromatic rings. The highest BCUT2D eigenvalue weighted by Crippen LogP contribution is 2.31. The molecule has 0 fully saturated rings. The average molecular weight is 262 g/mol. The second-order valence-corrected chi connectivity index (χ2v) is 6.94. The highest BCUT2D eigenvalue weighted by molar-refractivity contribution is 7.22. The minimum Gasteiger partial charge on any atom is -0.359 e. The molecule has 2 rings (SSSR count). The molecule has 1 aromatic heterocycles. The van der Waals surface area contributed by atoms with E-state index in [-0.39, 0.29) is 5.41 Å². The molecule has 0 aliphatic rings. The van der Waals surface area contributed by atoms with Gasteiger partial charge in [-0.15, -0.1) is 0 Å². The topological polar surface area (TPSA) is 24.9 Å². The summed E-state index contributed by atoms with van der Waals surface area (Å²) in [4.78, 5) is 4.63. The number of hydrogen-bond donors (Lipinski definition) is 1. The Kier molecular flexibility index (Phi) is 3.62. The first-order valence-corrected chi connectivity index (χ1v) is 7.39. The summed E-state index contributed by atoms with van der Waals surface area (Å²) in [5.41, 5.74) is 2.66. The molecule has 1 heterocycles. The summed E-state index contributed by atoms with van der Waals surface area (Å²) in [6.45, 7) is 11.1. The van der Waals surface area contributed by atoms with Gasteiger partial charge in [0.1, 0.15) is 0 Å². The highest BCUT2D eigenvalue weighted by atomic mass is 32.1. The smallest absolute Gasteiger partial charge is 0.183 e. The summed E-state index contributed by atoms with van der Waals surface area (Å²) in [5.74, 6) is 0. The van der Waals surface area contributed by atoms with E-state index in [0.29, 0.717) is 6.04 Å².